The average molecular weight is 322 g/mol. The van der Waals surface area contributed by atoms with E-state index in [-0.39, 0.29) is 6.04 Å². The van der Waals surface area contributed by atoms with Crippen LogP contribution < -0.4 is 0 Å². The third kappa shape index (κ3) is 2.12. The van der Waals surface area contributed by atoms with Gasteiger partial charge in [0.05, 0.1) is 12.0 Å². The highest BCUT2D eigenvalue weighted by atomic mass is 79.9. The summed E-state index contributed by atoms with van der Waals surface area (Å²) in [5, 5.41) is 9.38. The Morgan fingerprint density at radius 2 is 2.37 bits per heavy atom. The maximum atomic E-state index is 11.4. The summed E-state index contributed by atoms with van der Waals surface area (Å²) in [6.07, 6.45) is 1.38. The summed E-state index contributed by atoms with van der Waals surface area (Å²) < 4.78 is 0.929. The minimum Gasteiger partial charge on any atom is -0.465 e. The van der Waals surface area contributed by atoms with Crippen molar-refractivity contribution in [1.82, 2.24) is 14.9 Å². The number of carbonyl (C=O) groups is 1. The molecule has 2 heterocycles. The molecular formula is C13H12BrN3O2. The Morgan fingerprint density at radius 1 is 1.53 bits per heavy atom. The third-order valence-electron chi connectivity index (χ3n) is 3.34. The zero-order valence-corrected chi connectivity index (χ0v) is 11.6. The van der Waals surface area contributed by atoms with Gasteiger partial charge in [-0.15, -0.1) is 0 Å². The summed E-state index contributed by atoms with van der Waals surface area (Å²) in [6.45, 7) is 0.474. The Morgan fingerprint density at radius 3 is 3.11 bits per heavy atom. The van der Waals surface area contributed by atoms with Gasteiger partial charge in [-0.2, -0.15) is 0 Å². The van der Waals surface area contributed by atoms with E-state index in [1.165, 1.54) is 4.90 Å². The monoisotopic (exact) mass is 321 g/mol. The predicted molar refractivity (Wildman–Crippen MR) is 73.0 cm³/mol. The van der Waals surface area contributed by atoms with E-state index in [9.17, 15) is 9.90 Å². The molecule has 0 aliphatic carbocycles. The van der Waals surface area contributed by atoms with E-state index in [2.05, 4.69) is 25.9 Å². The van der Waals surface area contributed by atoms with Crippen LogP contribution >= 0.6 is 15.9 Å². The van der Waals surface area contributed by atoms with Crippen LogP contribution in [0.1, 0.15) is 23.0 Å². The molecule has 1 aliphatic heterocycles. The Kier molecular flexibility index (Phi) is 3.02. The van der Waals surface area contributed by atoms with Gasteiger partial charge in [0, 0.05) is 23.1 Å². The molecule has 2 N–H and O–H groups in total. The molecule has 1 aromatic heterocycles. The van der Waals surface area contributed by atoms with E-state index in [0.29, 0.717) is 13.0 Å². The molecule has 6 heteroatoms. The first-order valence-electron chi connectivity index (χ1n) is 5.94. The summed E-state index contributed by atoms with van der Waals surface area (Å²) in [5.74, 6) is 0. The summed E-state index contributed by atoms with van der Waals surface area (Å²) in [6, 6.07) is 7.34. The fraction of sp³-hybridized carbons (Fsp3) is 0.231. The molecule has 1 aliphatic rings. The first-order chi connectivity index (χ1) is 9.16. The number of hydrogen-bond donors (Lipinski definition) is 2. The molecule has 1 atom stereocenters. The number of benzene rings is 1. The van der Waals surface area contributed by atoms with Crippen LogP contribution in [0.2, 0.25) is 0 Å². The first kappa shape index (κ1) is 12.2. The zero-order valence-electron chi connectivity index (χ0n) is 10.0. The number of halogens is 1. The SMILES string of the molecule is O=C(O)N1CCc2[nH]cnc2C1c1cccc(Br)c1. The lowest BCUT2D eigenvalue weighted by atomic mass is 9.96. The molecule has 1 unspecified atom stereocenters. The molecular weight excluding hydrogens is 310 g/mol. The van der Waals surface area contributed by atoms with Gasteiger partial charge in [-0.1, -0.05) is 28.1 Å². The molecule has 5 nitrogen and oxygen atoms in total. The predicted octanol–water partition coefficient (Wildman–Crippen LogP) is 2.80. The van der Waals surface area contributed by atoms with Gasteiger partial charge < -0.3 is 10.1 Å². The highest BCUT2D eigenvalue weighted by Crippen LogP contribution is 2.34. The summed E-state index contributed by atoms with van der Waals surface area (Å²) >= 11 is 3.42. The number of nitrogens with zero attached hydrogens (tertiary/aromatic N) is 2. The van der Waals surface area contributed by atoms with E-state index >= 15 is 0 Å². The number of rotatable bonds is 1. The van der Waals surface area contributed by atoms with Crippen molar-refractivity contribution in [2.24, 2.45) is 0 Å². The van der Waals surface area contributed by atoms with Gasteiger partial charge in [0.25, 0.3) is 0 Å². The number of aromatic amines is 1. The van der Waals surface area contributed by atoms with Gasteiger partial charge in [0.15, 0.2) is 0 Å². The summed E-state index contributed by atoms with van der Waals surface area (Å²) in [4.78, 5) is 20.3. The van der Waals surface area contributed by atoms with E-state index in [1.807, 2.05) is 24.3 Å². The fourth-order valence-corrected chi connectivity index (χ4v) is 2.91. The number of carboxylic acid groups (broad SMARTS) is 1. The zero-order chi connectivity index (χ0) is 13.4. The minimum atomic E-state index is -0.918. The molecule has 0 saturated heterocycles. The van der Waals surface area contributed by atoms with Crippen LogP contribution in [-0.2, 0) is 6.42 Å². The van der Waals surface area contributed by atoms with Crippen LogP contribution in [0.4, 0.5) is 4.79 Å². The second kappa shape index (κ2) is 4.70. The van der Waals surface area contributed by atoms with Crippen molar-refractivity contribution in [3.63, 3.8) is 0 Å². The second-order valence-corrected chi connectivity index (χ2v) is 5.37. The Balaban J connectivity index is 2.11. The fourth-order valence-electron chi connectivity index (χ4n) is 2.50. The highest BCUT2D eigenvalue weighted by molar-refractivity contribution is 9.10. The van der Waals surface area contributed by atoms with Gasteiger partial charge in [-0.25, -0.2) is 9.78 Å². The van der Waals surface area contributed by atoms with Crippen LogP contribution in [0.5, 0.6) is 0 Å². The molecule has 1 aromatic carbocycles. The maximum Gasteiger partial charge on any atom is 0.408 e. The van der Waals surface area contributed by atoms with E-state index in [0.717, 1.165) is 21.4 Å². The second-order valence-electron chi connectivity index (χ2n) is 4.45. The molecule has 0 spiro atoms. The topological polar surface area (TPSA) is 69.2 Å². The van der Waals surface area contributed by atoms with Crippen molar-refractivity contribution in [2.45, 2.75) is 12.5 Å². The summed E-state index contributed by atoms with van der Waals surface area (Å²) in [5.41, 5.74) is 2.74. The summed E-state index contributed by atoms with van der Waals surface area (Å²) in [7, 11) is 0. The van der Waals surface area contributed by atoms with E-state index in [4.69, 9.17) is 0 Å². The van der Waals surface area contributed by atoms with E-state index in [1.54, 1.807) is 6.33 Å². The molecule has 0 radical (unpaired) electrons. The van der Waals surface area contributed by atoms with Crippen molar-refractivity contribution in [3.05, 3.63) is 52.0 Å². The molecule has 98 valence electrons. The average Bonchev–Trinajstić information content (AvgIpc) is 2.85. The van der Waals surface area contributed by atoms with Gasteiger partial charge in [-0.3, -0.25) is 4.90 Å². The van der Waals surface area contributed by atoms with Crippen molar-refractivity contribution in [3.8, 4) is 0 Å². The van der Waals surface area contributed by atoms with Crippen molar-refractivity contribution < 1.29 is 9.90 Å². The molecule has 1 amide bonds. The van der Waals surface area contributed by atoms with Crippen LogP contribution in [-0.4, -0.2) is 32.6 Å². The smallest absolute Gasteiger partial charge is 0.408 e. The van der Waals surface area contributed by atoms with Gasteiger partial charge in [0.2, 0.25) is 0 Å². The van der Waals surface area contributed by atoms with Crippen LogP contribution in [0.15, 0.2) is 35.1 Å². The molecule has 0 saturated carbocycles. The van der Waals surface area contributed by atoms with E-state index < -0.39 is 6.09 Å². The number of hydrogen-bond acceptors (Lipinski definition) is 2. The van der Waals surface area contributed by atoms with Crippen LogP contribution in [0.3, 0.4) is 0 Å². The number of imidazole rings is 1. The molecule has 0 fully saturated rings. The first-order valence-corrected chi connectivity index (χ1v) is 6.73. The lowest BCUT2D eigenvalue weighted by molar-refractivity contribution is 0.128. The standard InChI is InChI=1S/C13H12BrN3O2/c14-9-3-1-2-8(6-9)12-11-10(15-7-16-11)4-5-17(12)13(18)19/h1-3,6-7,12H,4-5H2,(H,15,16)(H,18,19). The quantitative estimate of drug-likeness (QED) is 0.848. The number of amides is 1. The van der Waals surface area contributed by atoms with Crippen molar-refractivity contribution in [1.29, 1.82) is 0 Å². The lowest BCUT2D eigenvalue weighted by Gasteiger charge is -2.33. The lowest BCUT2D eigenvalue weighted by Crippen LogP contribution is -2.39. The van der Waals surface area contributed by atoms with Crippen molar-refractivity contribution >= 4 is 22.0 Å². The largest absolute Gasteiger partial charge is 0.465 e. The third-order valence-corrected chi connectivity index (χ3v) is 3.83. The normalized spacial score (nSPS) is 18.2. The van der Waals surface area contributed by atoms with Crippen LogP contribution in [0.25, 0.3) is 0 Å². The number of aromatic nitrogens is 2. The number of nitrogens with one attached hydrogen (secondary N) is 1. The molecule has 2 aromatic rings. The number of H-pyrrole nitrogens is 1. The number of fused-ring (bicyclic) bond motifs is 1. The molecule has 3 rings (SSSR count). The highest BCUT2D eigenvalue weighted by Gasteiger charge is 2.33. The Bertz CT molecular complexity index is 626. The Hall–Kier alpha value is -1.82. The Labute approximate surface area is 118 Å². The van der Waals surface area contributed by atoms with Gasteiger partial charge in [-0.05, 0) is 17.7 Å². The minimum absolute atomic E-state index is 0.343. The molecule has 0 bridgehead atoms. The van der Waals surface area contributed by atoms with Gasteiger partial charge in [0.1, 0.15) is 6.04 Å². The maximum absolute atomic E-state index is 11.4. The van der Waals surface area contributed by atoms with Crippen molar-refractivity contribution in [2.75, 3.05) is 6.54 Å². The van der Waals surface area contributed by atoms with Gasteiger partial charge >= 0.3 is 6.09 Å². The molecule has 19 heavy (non-hydrogen) atoms. The van der Waals surface area contributed by atoms with Crippen LogP contribution in [0, 0.1) is 0 Å².